The minimum atomic E-state index is 0.898. The van der Waals surface area contributed by atoms with E-state index in [9.17, 15) is 0 Å². The van der Waals surface area contributed by atoms with Crippen molar-refractivity contribution in [2.24, 2.45) is 11.3 Å². The van der Waals surface area contributed by atoms with Gasteiger partial charge in [0, 0.05) is 0 Å². The highest BCUT2D eigenvalue weighted by Crippen LogP contribution is 2.00. The molecule has 0 bridgehead atoms. The van der Waals surface area contributed by atoms with Crippen molar-refractivity contribution < 1.29 is 5.21 Å². The summed E-state index contributed by atoms with van der Waals surface area (Å²) in [4.78, 5) is 8.11. The molecule has 3 heteroatoms. The molecule has 0 aromatic heterocycles. The molecule has 0 spiro atoms. The largest absolute Gasteiger partial charge is 0.379 e. The van der Waals surface area contributed by atoms with Gasteiger partial charge < -0.3 is 5.21 Å². The molecule has 0 unspecified atom stereocenters. The molecule has 0 aliphatic carbocycles. The molecule has 0 aromatic carbocycles. The Kier molecular flexibility index (Phi) is 13.0. The van der Waals surface area contributed by atoms with Crippen molar-refractivity contribution in [2.45, 2.75) is 33.6 Å². The molecule has 0 atom stereocenters. The van der Waals surface area contributed by atoms with Gasteiger partial charge in [-0.3, -0.25) is 0 Å². The second-order valence-corrected chi connectivity index (χ2v) is 2.26. The lowest BCUT2D eigenvalue weighted by atomic mass is 10.1. The standard InChI is InChI=1S/C6H14.HNO2/c1-4-5-6(2)3;2-1-3/h6H,4-5H2,1-3H3;(H,2,3). The number of nitrogens with zero attached hydrogens (tertiary/aromatic N) is 1. The van der Waals surface area contributed by atoms with Gasteiger partial charge in [0.05, 0.1) is 0 Å². The molecule has 3 nitrogen and oxygen atoms in total. The van der Waals surface area contributed by atoms with Crippen LogP contribution in [0.3, 0.4) is 0 Å². The average molecular weight is 133 g/mol. The van der Waals surface area contributed by atoms with Gasteiger partial charge in [-0.05, 0) is 5.92 Å². The van der Waals surface area contributed by atoms with E-state index < -0.39 is 0 Å². The maximum Gasteiger partial charge on any atom is 0.152 e. The van der Waals surface area contributed by atoms with Crippen molar-refractivity contribution in [3.8, 4) is 0 Å². The minimum absolute atomic E-state index is 0.898. The Morgan fingerprint density at radius 1 is 1.56 bits per heavy atom. The molecule has 0 amide bonds. The van der Waals surface area contributed by atoms with Crippen molar-refractivity contribution >= 4 is 0 Å². The molecular formula is C6H15NO2. The summed E-state index contributed by atoms with van der Waals surface area (Å²) in [6, 6.07) is 0. The van der Waals surface area contributed by atoms with Crippen molar-refractivity contribution in [3.63, 3.8) is 0 Å². The van der Waals surface area contributed by atoms with Gasteiger partial charge in [0.15, 0.2) is 5.34 Å². The number of hydrogen-bond donors (Lipinski definition) is 1. The van der Waals surface area contributed by atoms with Gasteiger partial charge in [-0.1, -0.05) is 33.6 Å². The van der Waals surface area contributed by atoms with Gasteiger partial charge in [-0.2, -0.15) is 0 Å². The third-order valence-electron chi connectivity index (χ3n) is 0.866. The molecular weight excluding hydrogens is 118 g/mol. The van der Waals surface area contributed by atoms with Gasteiger partial charge in [0.1, 0.15) is 0 Å². The quantitative estimate of drug-likeness (QED) is 0.465. The van der Waals surface area contributed by atoms with E-state index in [4.69, 9.17) is 10.1 Å². The molecule has 1 N–H and O–H groups in total. The molecule has 0 aromatic rings. The van der Waals surface area contributed by atoms with E-state index in [0.29, 0.717) is 0 Å². The van der Waals surface area contributed by atoms with Gasteiger partial charge in [0.2, 0.25) is 0 Å². The SMILES string of the molecule is CCCC(C)C.O=NO. The fraction of sp³-hybridized carbons (Fsp3) is 1.00. The van der Waals surface area contributed by atoms with Gasteiger partial charge >= 0.3 is 0 Å². The Balaban J connectivity index is 0. The molecule has 0 aliphatic heterocycles. The van der Waals surface area contributed by atoms with Crippen LogP contribution in [0, 0.1) is 10.8 Å². The van der Waals surface area contributed by atoms with Crippen LogP contribution < -0.4 is 0 Å². The fourth-order valence-corrected chi connectivity index (χ4v) is 0.577. The molecule has 0 radical (unpaired) electrons. The Morgan fingerprint density at radius 3 is 1.89 bits per heavy atom. The summed E-state index contributed by atoms with van der Waals surface area (Å²) in [7, 11) is 0. The zero-order valence-corrected chi connectivity index (χ0v) is 6.29. The van der Waals surface area contributed by atoms with E-state index in [1.807, 2.05) is 0 Å². The Labute approximate surface area is 56.0 Å². The zero-order valence-electron chi connectivity index (χ0n) is 6.29. The first-order valence-corrected chi connectivity index (χ1v) is 3.15. The van der Waals surface area contributed by atoms with Gasteiger partial charge in [0.25, 0.3) is 0 Å². The van der Waals surface area contributed by atoms with Crippen molar-refractivity contribution in [1.29, 1.82) is 0 Å². The van der Waals surface area contributed by atoms with Crippen LogP contribution in [0.4, 0.5) is 0 Å². The third kappa shape index (κ3) is 37.5. The lowest BCUT2D eigenvalue weighted by Gasteiger charge is -1.95. The van der Waals surface area contributed by atoms with Crippen LogP contribution in [0.15, 0.2) is 5.34 Å². The molecule has 0 heterocycles. The predicted octanol–water partition coefficient (Wildman–Crippen LogP) is 2.58. The van der Waals surface area contributed by atoms with Crippen LogP contribution in [0.5, 0.6) is 0 Å². The Hall–Kier alpha value is -0.600. The predicted molar refractivity (Wildman–Crippen MR) is 37.3 cm³/mol. The molecule has 0 saturated heterocycles. The van der Waals surface area contributed by atoms with Gasteiger partial charge in [-0.15, -0.1) is 4.91 Å². The van der Waals surface area contributed by atoms with Crippen LogP contribution in [-0.4, -0.2) is 5.21 Å². The second-order valence-electron chi connectivity index (χ2n) is 2.26. The van der Waals surface area contributed by atoms with Crippen LogP contribution >= 0.6 is 0 Å². The van der Waals surface area contributed by atoms with Crippen molar-refractivity contribution in [3.05, 3.63) is 4.91 Å². The van der Waals surface area contributed by atoms with Crippen molar-refractivity contribution in [2.75, 3.05) is 0 Å². The Bertz CT molecular complexity index is 55.0. The molecule has 0 aliphatic rings. The highest BCUT2D eigenvalue weighted by Gasteiger charge is 1.85. The minimum Gasteiger partial charge on any atom is -0.379 e. The summed E-state index contributed by atoms with van der Waals surface area (Å²) in [5, 5.41) is 7.89. The zero-order chi connectivity index (χ0) is 7.70. The summed E-state index contributed by atoms with van der Waals surface area (Å²) >= 11 is 0. The van der Waals surface area contributed by atoms with E-state index in [1.165, 1.54) is 18.2 Å². The van der Waals surface area contributed by atoms with Crippen LogP contribution in [-0.2, 0) is 0 Å². The first-order chi connectivity index (χ1) is 4.18. The monoisotopic (exact) mass is 133 g/mol. The van der Waals surface area contributed by atoms with Crippen molar-refractivity contribution in [1.82, 2.24) is 0 Å². The molecule has 9 heavy (non-hydrogen) atoms. The van der Waals surface area contributed by atoms with Gasteiger partial charge in [-0.25, -0.2) is 0 Å². The molecule has 0 fully saturated rings. The smallest absolute Gasteiger partial charge is 0.152 e. The summed E-state index contributed by atoms with van der Waals surface area (Å²) in [6.45, 7) is 6.73. The highest BCUT2D eigenvalue weighted by atomic mass is 16.6. The van der Waals surface area contributed by atoms with E-state index in [2.05, 4.69) is 20.8 Å². The lowest BCUT2D eigenvalue weighted by Crippen LogP contribution is -1.81. The maximum absolute atomic E-state index is 8.11. The topological polar surface area (TPSA) is 49.7 Å². The summed E-state index contributed by atoms with van der Waals surface area (Å²) in [5.74, 6) is 0.898. The summed E-state index contributed by atoms with van der Waals surface area (Å²) in [6.07, 6.45) is 2.71. The molecule has 0 rings (SSSR count). The maximum atomic E-state index is 8.11. The van der Waals surface area contributed by atoms with E-state index >= 15 is 0 Å². The molecule has 0 saturated carbocycles. The van der Waals surface area contributed by atoms with Crippen LogP contribution in [0.1, 0.15) is 33.6 Å². The van der Waals surface area contributed by atoms with Crippen LogP contribution in [0.25, 0.3) is 0 Å². The fourth-order valence-electron chi connectivity index (χ4n) is 0.577. The van der Waals surface area contributed by atoms with E-state index in [0.717, 1.165) is 5.92 Å². The number of hydrogen-bond acceptors (Lipinski definition) is 2. The normalized spacial score (nSPS) is 8.00. The summed E-state index contributed by atoms with van der Waals surface area (Å²) in [5.41, 5.74) is 0. The Morgan fingerprint density at radius 2 is 1.89 bits per heavy atom. The van der Waals surface area contributed by atoms with E-state index in [1.54, 1.807) is 0 Å². The third-order valence-corrected chi connectivity index (χ3v) is 0.866. The highest BCUT2D eigenvalue weighted by molar-refractivity contribution is 4.38. The van der Waals surface area contributed by atoms with Crippen LogP contribution in [0.2, 0.25) is 0 Å². The van der Waals surface area contributed by atoms with E-state index in [-0.39, 0.29) is 0 Å². The lowest BCUT2D eigenvalue weighted by molar-refractivity contribution is 0.312. The number of rotatable bonds is 2. The first-order valence-electron chi connectivity index (χ1n) is 3.15. The summed E-state index contributed by atoms with van der Waals surface area (Å²) < 4.78 is 0. The average Bonchev–Trinajstić information content (AvgIpc) is 1.67. The first kappa shape index (κ1) is 11.2. The second kappa shape index (κ2) is 10.4. The molecule has 56 valence electrons.